The first-order valence-corrected chi connectivity index (χ1v) is 7.07. The minimum absolute atomic E-state index is 0.144. The third-order valence-electron chi connectivity index (χ3n) is 2.55. The molecule has 0 unspecified atom stereocenters. The fraction of sp³-hybridized carbons (Fsp3) is 0.231. The molecule has 3 nitrogen and oxygen atoms in total. The number of methoxy groups -OCH3 is 1. The number of aryl methyl sites for hydroxylation is 1. The monoisotopic (exact) mass is 327 g/mol. The van der Waals surface area contributed by atoms with Gasteiger partial charge in [0.25, 0.3) is 0 Å². The summed E-state index contributed by atoms with van der Waals surface area (Å²) in [5.74, 6) is 0.626. The molecular formula is C13H14BrNO2S. The highest BCUT2D eigenvalue weighted by Crippen LogP contribution is 2.30. The number of aromatic hydroxyl groups is 1. The molecule has 0 amide bonds. The predicted octanol–water partition coefficient (Wildman–Crippen LogP) is 4.15. The van der Waals surface area contributed by atoms with E-state index >= 15 is 0 Å². The standard InChI is InChI=1S/C13H14BrNO2S/c1-8-11(14)6-10(18-8)7-15-9-3-4-13(17-2)12(16)5-9/h3-6,15-16H,7H2,1-2H3. The maximum absolute atomic E-state index is 9.67. The lowest BCUT2D eigenvalue weighted by molar-refractivity contribution is 0.373. The summed E-state index contributed by atoms with van der Waals surface area (Å²) in [4.78, 5) is 2.51. The maximum atomic E-state index is 9.67. The zero-order valence-electron chi connectivity index (χ0n) is 10.2. The van der Waals surface area contributed by atoms with Gasteiger partial charge in [-0.15, -0.1) is 11.3 Å². The summed E-state index contributed by atoms with van der Waals surface area (Å²) < 4.78 is 6.14. The highest BCUT2D eigenvalue weighted by Gasteiger charge is 2.04. The largest absolute Gasteiger partial charge is 0.504 e. The highest BCUT2D eigenvalue weighted by atomic mass is 79.9. The van der Waals surface area contributed by atoms with Gasteiger partial charge in [0.2, 0.25) is 0 Å². The molecule has 0 radical (unpaired) electrons. The van der Waals surface area contributed by atoms with Crippen LogP contribution in [0.15, 0.2) is 28.7 Å². The first kappa shape index (κ1) is 13.2. The Balaban J connectivity index is 2.04. The Kier molecular flexibility index (Phi) is 4.14. The quantitative estimate of drug-likeness (QED) is 0.886. The summed E-state index contributed by atoms with van der Waals surface area (Å²) in [7, 11) is 1.54. The number of phenols is 1. The topological polar surface area (TPSA) is 41.5 Å². The second-order valence-electron chi connectivity index (χ2n) is 3.86. The molecule has 1 aromatic heterocycles. The molecule has 0 aliphatic carbocycles. The van der Waals surface area contributed by atoms with Crippen molar-refractivity contribution in [3.63, 3.8) is 0 Å². The molecule has 1 heterocycles. The molecule has 0 aliphatic heterocycles. The van der Waals surface area contributed by atoms with E-state index in [1.54, 1.807) is 23.5 Å². The van der Waals surface area contributed by atoms with E-state index < -0.39 is 0 Å². The maximum Gasteiger partial charge on any atom is 0.160 e. The van der Waals surface area contributed by atoms with Gasteiger partial charge in [0.05, 0.1) is 7.11 Å². The number of ether oxygens (including phenoxy) is 1. The van der Waals surface area contributed by atoms with E-state index in [1.165, 1.54) is 16.9 Å². The van der Waals surface area contributed by atoms with Crippen molar-refractivity contribution in [2.24, 2.45) is 0 Å². The summed E-state index contributed by atoms with van der Waals surface area (Å²) in [6.45, 7) is 2.82. The van der Waals surface area contributed by atoms with Crippen molar-refractivity contribution in [2.45, 2.75) is 13.5 Å². The SMILES string of the molecule is COc1ccc(NCc2cc(Br)c(C)s2)cc1O. The van der Waals surface area contributed by atoms with Crippen LogP contribution in [0.1, 0.15) is 9.75 Å². The summed E-state index contributed by atoms with van der Waals surface area (Å²) >= 11 is 5.25. The highest BCUT2D eigenvalue weighted by molar-refractivity contribution is 9.10. The summed E-state index contributed by atoms with van der Waals surface area (Å²) in [6, 6.07) is 7.39. The zero-order valence-corrected chi connectivity index (χ0v) is 12.6. The Bertz CT molecular complexity index is 534. The molecule has 2 N–H and O–H groups in total. The Morgan fingerprint density at radius 2 is 2.17 bits per heavy atom. The molecule has 5 heteroatoms. The molecule has 18 heavy (non-hydrogen) atoms. The van der Waals surface area contributed by atoms with Crippen LogP contribution in [0, 0.1) is 6.92 Å². The number of halogens is 1. The van der Waals surface area contributed by atoms with Gasteiger partial charge in [-0.2, -0.15) is 0 Å². The minimum Gasteiger partial charge on any atom is -0.504 e. The molecular weight excluding hydrogens is 314 g/mol. The van der Waals surface area contributed by atoms with Gasteiger partial charge in [-0.3, -0.25) is 0 Å². The van der Waals surface area contributed by atoms with Crippen LogP contribution in [0.2, 0.25) is 0 Å². The Labute approximate surface area is 119 Å². The number of rotatable bonds is 4. The van der Waals surface area contributed by atoms with Gasteiger partial charge < -0.3 is 15.2 Å². The summed E-state index contributed by atoms with van der Waals surface area (Å²) in [5.41, 5.74) is 0.871. The molecule has 0 bridgehead atoms. The normalized spacial score (nSPS) is 10.4. The second-order valence-corrected chi connectivity index (χ2v) is 6.05. The van der Waals surface area contributed by atoms with Crippen LogP contribution in [0.3, 0.4) is 0 Å². The van der Waals surface area contributed by atoms with Crippen molar-refractivity contribution in [3.05, 3.63) is 38.5 Å². The van der Waals surface area contributed by atoms with Crippen LogP contribution in [-0.2, 0) is 6.54 Å². The van der Waals surface area contributed by atoms with Crippen LogP contribution in [0.4, 0.5) is 5.69 Å². The number of nitrogens with one attached hydrogen (secondary N) is 1. The van der Waals surface area contributed by atoms with Crippen molar-refractivity contribution < 1.29 is 9.84 Å². The van der Waals surface area contributed by atoms with Crippen molar-refractivity contribution >= 4 is 33.0 Å². The molecule has 0 atom stereocenters. The van der Waals surface area contributed by atoms with Gasteiger partial charge in [-0.1, -0.05) is 0 Å². The van der Waals surface area contributed by atoms with Gasteiger partial charge in [0.15, 0.2) is 11.5 Å². The molecule has 0 aliphatic rings. The van der Waals surface area contributed by atoms with E-state index in [1.807, 2.05) is 6.07 Å². The van der Waals surface area contributed by atoms with E-state index in [9.17, 15) is 5.11 Å². The van der Waals surface area contributed by atoms with Gasteiger partial charge in [0, 0.05) is 32.5 Å². The van der Waals surface area contributed by atoms with Gasteiger partial charge in [0.1, 0.15) is 0 Å². The van der Waals surface area contributed by atoms with Crippen molar-refractivity contribution in [2.75, 3.05) is 12.4 Å². The molecule has 2 rings (SSSR count). The first-order valence-electron chi connectivity index (χ1n) is 5.46. The third kappa shape index (κ3) is 2.97. The number of hydrogen-bond donors (Lipinski definition) is 2. The van der Waals surface area contributed by atoms with Gasteiger partial charge >= 0.3 is 0 Å². The van der Waals surface area contributed by atoms with Crippen LogP contribution >= 0.6 is 27.3 Å². The molecule has 2 aromatic rings. The van der Waals surface area contributed by atoms with E-state index in [-0.39, 0.29) is 5.75 Å². The Hall–Kier alpha value is -1.20. The van der Waals surface area contributed by atoms with Crippen molar-refractivity contribution in [1.29, 1.82) is 0 Å². The number of benzene rings is 1. The van der Waals surface area contributed by atoms with Crippen LogP contribution in [-0.4, -0.2) is 12.2 Å². The third-order valence-corrected chi connectivity index (χ3v) is 4.69. The number of hydrogen-bond acceptors (Lipinski definition) is 4. The van der Waals surface area contributed by atoms with E-state index in [2.05, 4.69) is 34.2 Å². The summed E-state index contributed by atoms with van der Waals surface area (Å²) in [6.07, 6.45) is 0. The van der Waals surface area contributed by atoms with Crippen LogP contribution in [0.25, 0.3) is 0 Å². The number of phenolic OH excluding ortho intramolecular Hbond substituents is 1. The second kappa shape index (κ2) is 5.63. The Morgan fingerprint density at radius 1 is 1.39 bits per heavy atom. The lowest BCUT2D eigenvalue weighted by Gasteiger charge is -2.08. The molecule has 0 spiro atoms. The van der Waals surface area contributed by atoms with Crippen molar-refractivity contribution in [1.82, 2.24) is 0 Å². The lowest BCUT2D eigenvalue weighted by atomic mass is 10.2. The number of thiophene rings is 1. The predicted molar refractivity (Wildman–Crippen MR) is 78.7 cm³/mol. The summed E-state index contributed by atoms with van der Waals surface area (Å²) in [5, 5.41) is 12.9. The average molecular weight is 328 g/mol. The fourth-order valence-electron chi connectivity index (χ4n) is 1.59. The van der Waals surface area contributed by atoms with E-state index in [0.717, 1.165) is 16.7 Å². The zero-order chi connectivity index (χ0) is 13.1. The van der Waals surface area contributed by atoms with Crippen LogP contribution in [0.5, 0.6) is 11.5 Å². The molecule has 0 fully saturated rings. The van der Waals surface area contributed by atoms with Crippen LogP contribution < -0.4 is 10.1 Å². The minimum atomic E-state index is 0.144. The number of anilines is 1. The van der Waals surface area contributed by atoms with Gasteiger partial charge in [-0.05, 0) is 41.1 Å². The van der Waals surface area contributed by atoms with E-state index in [0.29, 0.717) is 5.75 Å². The smallest absolute Gasteiger partial charge is 0.160 e. The molecule has 0 saturated heterocycles. The van der Waals surface area contributed by atoms with E-state index in [4.69, 9.17) is 4.74 Å². The fourth-order valence-corrected chi connectivity index (χ4v) is 3.14. The Morgan fingerprint density at radius 3 is 2.72 bits per heavy atom. The lowest BCUT2D eigenvalue weighted by Crippen LogP contribution is -1.97. The molecule has 0 saturated carbocycles. The average Bonchev–Trinajstić information content (AvgIpc) is 2.66. The molecule has 1 aromatic carbocycles. The van der Waals surface area contributed by atoms with Crippen molar-refractivity contribution in [3.8, 4) is 11.5 Å². The molecule has 96 valence electrons. The first-order chi connectivity index (χ1) is 8.60. The van der Waals surface area contributed by atoms with Gasteiger partial charge in [-0.25, -0.2) is 0 Å².